The summed E-state index contributed by atoms with van der Waals surface area (Å²) < 4.78 is 34.9. The average Bonchev–Trinajstić information content (AvgIpc) is 2.11. The highest BCUT2D eigenvalue weighted by Crippen LogP contribution is 2.27. The van der Waals surface area contributed by atoms with E-state index >= 15 is 0 Å². The zero-order valence-corrected chi connectivity index (χ0v) is 8.24. The van der Waals surface area contributed by atoms with Crippen LogP contribution in [0.2, 0.25) is 0 Å². The summed E-state index contributed by atoms with van der Waals surface area (Å²) in [6.07, 6.45) is 1.86. The van der Waals surface area contributed by atoms with Gasteiger partial charge in [-0.25, -0.2) is 12.8 Å². The molecule has 1 aliphatic rings. The van der Waals surface area contributed by atoms with E-state index in [0.29, 0.717) is 12.8 Å². The third-order valence-electron chi connectivity index (χ3n) is 2.23. The van der Waals surface area contributed by atoms with Crippen LogP contribution in [0.1, 0.15) is 32.1 Å². The van der Waals surface area contributed by atoms with Crippen LogP contribution in [-0.4, -0.2) is 19.8 Å². The topological polar surface area (TPSA) is 34.1 Å². The number of alkyl halides is 1. The third-order valence-corrected chi connectivity index (χ3v) is 4.17. The van der Waals surface area contributed by atoms with Crippen LogP contribution in [-0.2, 0) is 9.05 Å². The van der Waals surface area contributed by atoms with Gasteiger partial charge in [-0.1, -0.05) is 19.3 Å². The Hall–Kier alpha value is 0.170. The summed E-state index contributed by atoms with van der Waals surface area (Å²) in [6, 6.07) is 0. The minimum atomic E-state index is -3.70. The number of hydrogen-bond donors (Lipinski definition) is 0. The third kappa shape index (κ3) is 2.59. The number of halogens is 2. The van der Waals surface area contributed by atoms with Crippen LogP contribution in [0.4, 0.5) is 4.39 Å². The summed E-state index contributed by atoms with van der Waals surface area (Å²) in [6.45, 7) is 0. The smallest absolute Gasteiger partial charge is 0.238 e. The van der Waals surface area contributed by atoms with Crippen molar-refractivity contribution in [1.82, 2.24) is 0 Å². The molecule has 1 saturated carbocycles. The number of rotatable bonds is 1. The molecule has 1 rings (SSSR count). The van der Waals surface area contributed by atoms with Gasteiger partial charge in [-0.05, 0) is 12.8 Å². The van der Waals surface area contributed by atoms with Gasteiger partial charge < -0.3 is 0 Å². The van der Waals surface area contributed by atoms with E-state index < -0.39 is 20.5 Å². The lowest BCUT2D eigenvalue weighted by atomic mass is 10.2. The minimum absolute atomic E-state index is 0.330. The molecule has 0 aromatic rings. The van der Waals surface area contributed by atoms with Crippen LogP contribution >= 0.6 is 10.7 Å². The molecule has 0 N–H and O–H groups in total. The summed E-state index contributed by atoms with van der Waals surface area (Å²) >= 11 is 0. The van der Waals surface area contributed by atoms with Crippen molar-refractivity contribution in [2.24, 2.45) is 0 Å². The van der Waals surface area contributed by atoms with Gasteiger partial charge in [0.25, 0.3) is 0 Å². The summed E-state index contributed by atoms with van der Waals surface area (Å²) in [5.74, 6) is 0. The Morgan fingerprint density at radius 3 is 2.33 bits per heavy atom. The lowest BCUT2D eigenvalue weighted by Gasteiger charge is -2.13. The molecule has 0 aromatic heterocycles. The van der Waals surface area contributed by atoms with Crippen LogP contribution in [0.5, 0.6) is 0 Å². The van der Waals surface area contributed by atoms with Crippen molar-refractivity contribution in [2.75, 3.05) is 0 Å². The first-order valence-electron chi connectivity index (χ1n) is 4.09. The van der Waals surface area contributed by atoms with Gasteiger partial charge in [0.15, 0.2) is 0 Å². The fourth-order valence-corrected chi connectivity index (χ4v) is 3.08. The maximum Gasteiger partial charge on any atom is 0.238 e. The fourth-order valence-electron chi connectivity index (χ4n) is 1.55. The van der Waals surface area contributed by atoms with Gasteiger partial charge in [0.2, 0.25) is 9.05 Å². The molecule has 0 unspecified atom stereocenters. The first-order valence-corrected chi connectivity index (χ1v) is 6.46. The zero-order valence-electron chi connectivity index (χ0n) is 6.67. The Morgan fingerprint density at radius 1 is 1.17 bits per heavy atom. The molecule has 12 heavy (non-hydrogen) atoms. The van der Waals surface area contributed by atoms with E-state index in [1.54, 1.807) is 0 Å². The molecule has 0 amide bonds. The maximum atomic E-state index is 13.1. The zero-order chi connectivity index (χ0) is 9.19. The van der Waals surface area contributed by atoms with E-state index in [1.807, 2.05) is 0 Å². The lowest BCUT2D eigenvalue weighted by molar-refractivity contribution is 0.303. The normalized spacial score (nSPS) is 32.8. The molecule has 1 aliphatic carbocycles. The predicted molar refractivity (Wildman–Crippen MR) is 46.5 cm³/mol. The van der Waals surface area contributed by atoms with E-state index in [0.717, 1.165) is 19.3 Å². The maximum absolute atomic E-state index is 13.1. The van der Waals surface area contributed by atoms with E-state index in [-0.39, 0.29) is 0 Å². The first kappa shape index (κ1) is 10.3. The molecule has 0 heterocycles. The highest BCUT2D eigenvalue weighted by molar-refractivity contribution is 8.14. The molecule has 2 nitrogen and oxygen atoms in total. The van der Waals surface area contributed by atoms with Crippen molar-refractivity contribution >= 4 is 19.7 Å². The molecule has 2 atom stereocenters. The SMILES string of the molecule is O=S(=O)(Cl)[C@H]1CCCCC[C@H]1F. The molecule has 0 aromatic carbocycles. The summed E-state index contributed by atoms with van der Waals surface area (Å²) in [5.41, 5.74) is 0. The van der Waals surface area contributed by atoms with Crippen LogP contribution in [0.25, 0.3) is 0 Å². The summed E-state index contributed by atoms with van der Waals surface area (Å²) in [7, 11) is 1.41. The number of hydrogen-bond acceptors (Lipinski definition) is 2. The minimum Gasteiger partial charge on any atom is -0.246 e. The van der Waals surface area contributed by atoms with Crippen LogP contribution in [0, 0.1) is 0 Å². The monoisotopic (exact) mass is 214 g/mol. The molecular weight excluding hydrogens is 203 g/mol. The van der Waals surface area contributed by atoms with Gasteiger partial charge in [0.1, 0.15) is 11.4 Å². The van der Waals surface area contributed by atoms with Crippen molar-refractivity contribution in [3.05, 3.63) is 0 Å². The molecule has 1 fully saturated rings. The van der Waals surface area contributed by atoms with Gasteiger partial charge in [0.05, 0.1) is 0 Å². The Labute approximate surface area is 76.5 Å². The van der Waals surface area contributed by atoms with Crippen LogP contribution in [0.3, 0.4) is 0 Å². The first-order chi connectivity index (χ1) is 5.52. The van der Waals surface area contributed by atoms with Gasteiger partial charge >= 0.3 is 0 Å². The lowest BCUT2D eigenvalue weighted by Crippen LogP contribution is -2.26. The van der Waals surface area contributed by atoms with Gasteiger partial charge in [-0.15, -0.1) is 0 Å². The van der Waals surface area contributed by atoms with Crippen molar-refractivity contribution in [3.63, 3.8) is 0 Å². The second-order valence-corrected chi connectivity index (χ2v) is 6.02. The molecule has 0 radical (unpaired) electrons. The average molecular weight is 215 g/mol. The molecule has 0 bridgehead atoms. The van der Waals surface area contributed by atoms with E-state index in [1.165, 1.54) is 0 Å². The van der Waals surface area contributed by atoms with E-state index in [4.69, 9.17) is 10.7 Å². The molecular formula is C7H12ClFO2S. The quantitative estimate of drug-likeness (QED) is 0.496. The van der Waals surface area contributed by atoms with Crippen LogP contribution < -0.4 is 0 Å². The van der Waals surface area contributed by atoms with Crippen molar-refractivity contribution in [1.29, 1.82) is 0 Å². The summed E-state index contributed by atoms with van der Waals surface area (Å²) in [5, 5.41) is -0.971. The van der Waals surface area contributed by atoms with E-state index in [2.05, 4.69) is 0 Å². The second-order valence-electron chi connectivity index (χ2n) is 3.17. The molecule has 0 aliphatic heterocycles. The molecule has 72 valence electrons. The van der Waals surface area contributed by atoms with Crippen molar-refractivity contribution in [2.45, 2.75) is 43.5 Å². The molecule has 0 spiro atoms. The second kappa shape index (κ2) is 3.92. The van der Waals surface area contributed by atoms with Gasteiger partial charge in [-0.2, -0.15) is 0 Å². The standard InChI is InChI=1S/C7H12ClFO2S/c8-12(10,11)7-5-3-1-2-4-6(7)9/h6-7H,1-5H2/t6-,7+/m1/s1. The van der Waals surface area contributed by atoms with Gasteiger partial charge in [-0.3, -0.25) is 0 Å². The predicted octanol–water partition coefficient (Wildman–Crippen LogP) is 2.23. The Balaban J connectivity index is 2.72. The molecule has 0 saturated heterocycles. The van der Waals surface area contributed by atoms with Gasteiger partial charge in [0, 0.05) is 10.7 Å². The Morgan fingerprint density at radius 2 is 1.75 bits per heavy atom. The fraction of sp³-hybridized carbons (Fsp3) is 1.00. The highest BCUT2D eigenvalue weighted by Gasteiger charge is 2.32. The van der Waals surface area contributed by atoms with Crippen molar-refractivity contribution in [3.8, 4) is 0 Å². The highest BCUT2D eigenvalue weighted by atomic mass is 35.7. The Bertz CT molecular complexity index is 240. The largest absolute Gasteiger partial charge is 0.246 e. The van der Waals surface area contributed by atoms with Crippen LogP contribution in [0.15, 0.2) is 0 Å². The Kier molecular flexibility index (Phi) is 3.35. The van der Waals surface area contributed by atoms with E-state index in [9.17, 15) is 12.8 Å². The summed E-state index contributed by atoms with van der Waals surface area (Å²) in [4.78, 5) is 0. The van der Waals surface area contributed by atoms with Crippen molar-refractivity contribution < 1.29 is 12.8 Å². The molecule has 5 heteroatoms.